The molecule has 3 rings (SSSR count). The minimum atomic E-state index is -0.370. The molecule has 0 amide bonds. The van der Waals surface area contributed by atoms with Crippen molar-refractivity contribution in [2.24, 2.45) is 0 Å². The van der Waals surface area contributed by atoms with E-state index in [1.807, 2.05) is 4.68 Å². The maximum absolute atomic E-state index is 10.7. The third kappa shape index (κ3) is 3.39. The highest BCUT2D eigenvalue weighted by molar-refractivity contribution is 7.98. The van der Waals surface area contributed by atoms with Crippen molar-refractivity contribution in [1.29, 1.82) is 0 Å². The van der Waals surface area contributed by atoms with Gasteiger partial charge in [0.05, 0.1) is 11.0 Å². The van der Waals surface area contributed by atoms with Gasteiger partial charge in [0.15, 0.2) is 0 Å². The van der Waals surface area contributed by atoms with Gasteiger partial charge in [-0.1, -0.05) is 23.1 Å². The first-order valence-corrected chi connectivity index (χ1v) is 8.31. The van der Waals surface area contributed by atoms with Gasteiger partial charge in [-0.25, -0.2) is 4.68 Å². The van der Waals surface area contributed by atoms with E-state index in [9.17, 15) is 10.1 Å². The lowest BCUT2D eigenvalue weighted by Gasteiger charge is -2.22. The van der Waals surface area contributed by atoms with Gasteiger partial charge >= 0.3 is 5.00 Å². The monoisotopic (exact) mass is 327 g/mol. The van der Waals surface area contributed by atoms with Gasteiger partial charge in [0.1, 0.15) is 0 Å². The number of ether oxygens (including phenoxy) is 1. The first-order valence-electron chi connectivity index (χ1n) is 6.44. The molecule has 0 aromatic carbocycles. The van der Waals surface area contributed by atoms with Crippen LogP contribution in [0, 0.1) is 10.1 Å². The molecule has 0 unspecified atom stereocenters. The van der Waals surface area contributed by atoms with Crippen LogP contribution in [0.2, 0.25) is 0 Å². The Morgan fingerprint density at radius 1 is 1.52 bits per heavy atom. The molecule has 2 aromatic rings. The van der Waals surface area contributed by atoms with Crippen molar-refractivity contribution in [3.8, 4) is 0 Å². The number of nitro groups is 1. The molecule has 0 spiro atoms. The molecule has 0 saturated carbocycles. The topological polar surface area (TPSA) is 96.0 Å². The Morgan fingerprint density at radius 2 is 2.33 bits per heavy atom. The molecule has 0 atom stereocenters. The lowest BCUT2D eigenvalue weighted by atomic mass is 10.1. The third-order valence-corrected chi connectivity index (χ3v) is 5.12. The highest BCUT2D eigenvalue weighted by atomic mass is 32.2. The molecule has 1 fully saturated rings. The molecule has 8 nitrogen and oxygen atoms in total. The number of thiophene rings is 1. The SMILES string of the molecule is O=[N+]([O-])c1cc(CSc2nnnn2C2CCOCC2)cs1. The average molecular weight is 327 g/mol. The van der Waals surface area contributed by atoms with Crippen LogP contribution in [-0.2, 0) is 10.5 Å². The fourth-order valence-electron chi connectivity index (χ4n) is 2.12. The van der Waals surface area contributed by atoms with E-state index in [2.05, 4.69) is 15.5 Å². The van der Waals surface area contributed by atoms with Gasteiger partial charge in [0, 0.05) is 30.4 Å². The smallest absolute Gasteiger partial charge is 0.324 e. The number of hydrogen-bond acceptors (Lipinski definition) is 8. The summed E-state index contributed by atoms with van der Waals surface area (Å²) in [7, 11) is 0. The van der Waals surface area contributed by atoms with Gasteiger partial charge < -0.3 is 4.74 Å². The summed E-state index contributed by atoms with van der Waals surface area (Å²) < 4.78 is 7.18. The standard InChI is InChI=1S/C11H13N5O3S2/c17-16(18)10-5-8(6-20-10)7-21-11-12-13-14-15(11)9-1-3-19-4-2-9/h5-6,9H,1-4,7H2. The Kier molecular flexibility index (Phi) is 4.46. The van der Waals surface area contributed by atoms with E-state index in [1.165, 1.54) is 11.8 Å². The summed E-state index contributed by atoms with van der Waals surface area (Å²) in [4.78, 5) is 10.3. The predicted molar refractivity (Wildman–Crippen MR) is 77.4 cm³/mol. The molecule has 1 aliphatic heterocycles. The van der Waals surface area contributed by atoms with E-state index in [0.717, 1.165) is 48.1 Å². The fourth-order valence-corrected chi connectivity index (χ4v) is 3.83. The van der Waals surface area contributed by atoms with Gasteiger partial charge in [-0.2, -0.15) is 0 Å². The summed E-state index contributed by atoms with van der Waals surface area (Å²) >= 11 is 2.64. The summed E-state index contributed by atoms with van der Waals surface area (Å²) in [5, 5.41) is 25.2. The van der Waals surface area contributed by atoms with Gasteiger partial charge in [0.25, 0.3) is 0 Å². The second-order valence-electron chi connectivity index (χ2n) is 4.59. The summed E-state index contributed by atoms with van der Waals surface area (Å²) in [5.74, 6) is 0.619. The van der Waals surface area contributed by atoms with E-state index >= 15 is 0 Å². The van der Waals surface area contributed by atoms with Crippen LogP contribution in [0.15, 0.2) is 16.6 Å². The second-order valence-corrected chi connectivity index (χ2v) is 6.42. The average Bonchev–Trinajstić information content (AvgIpc) is 3.15. The largest absolute Gasteiger partial charge is 0.381 e. The molecule has 0 aliphatic carbocycles. The lowest BCUT2D eigenvalue weighted by Crippen LogP contribution is -2.21. The Morgan fingerprint density at radius 3 is 3.05 bits per heavy atom. The van der Waals surface area contributed by atoms with Crippen LogP contribution in [0.5, 0.6) is 0 Å². The highest BCUT2D eigenvalue weighted by Gasteiger charge is 2.21. The van der Waals surface area contributed by atoms with E-state index in [1.54, 1.807) is 11.4 Å². The molecule has 21 heavy (non-hydrogen) atoms. The number of thioether (sulfide) groups is 1. The first-order chi connectivity index (χ1) is 10.2. The molecule has 1 saturated heterocycles. The number of hydrogen-bond donors (Lipinski definition) is 0. The van der Waals surface area contributed by atoms with E-state index in [0.29, 0.717) is 5.75 Å². The summed E-state index contributed by atoms with van der Waals surface area (Å²) in [6, 6.07) is 1.87. The first kappa shape index (κ1) is 14.4. The van der Waals surface area contributed by atoms with Crippen LogP contribution in [-0.4, -0.2) is 38.3 Å². The van der Waals surface area contributed by atoms with E-state index < -0.39 is 0 Å². The van der Waals surface area contributed by atoms with Crippen LogP contribution in [0.4, 0.5) is 5.00 Å². The molecular weight excluding hydrogens is 314 g/mol. The van der Waals surface area contributed by atoms with Crippen molar-refractivity contribution in [2.45, 2.75) is 29.8 Å². The Balaban J connectivity index is 1.65. The van der Waals surface area contributed by atoms with Crippen LogP contribution >= 0.6 is 23.1 Å². The minimum absolute atomic E-state index is 0.162. The number of tetrazole rings is 1. The van der Waals surface area contributed by atoms with E-state index in [4.69, 9.17) is 4.74 Å². The van der Waals surface area contributed by atoms with Crippen LogP contribution in [0.3, 0.4) is 0 Å². The van der Waals surface area contributed by atoms with Crippen molar-refractivity contribution in [2.75, 3.05) is 13.2 Å². The summed E-state index contributed by atoms with van der Waals surface area (Å²) in [6.07, 6.45) is 1.81. The van der Waals surface area contributed by atoms with Gasteiger partial charge in [-0.05, 0) is 28.8 Å². The molecule has 0 N–H and O–H groups in total. The maximum atomic E-state index is 10.7. The zero-order valence-electron chi connectivity index (χ0n) is 11.0. The van der Waals surface area contributed by atoms with Crippen LogP contribution in [0.1, 0.15) is 24.4 Å². The number of nitrogens with zero attached hydrogens (tertiary/aromatic N) is 5. The number of aromatic nitrogens is 4. The maximum Gasteiger partial charge on any atom is 0.324 e. The quantitative estimate of drug-likeness (QED) is 0.472. The van der Waals surface area contributed by atoms with Crippen molar-refractivity contribution >= 4 is 28.1 Å². The van der Waals surface area contributed by atoms with E-state index in [-0.39, 0.29) is 16.0 Å². The van der Waals surface area contributed by atoms with Crippen molar-refractivity contribution in [3.63, 3.8) is 0 Å². The van der Waals surface area contributed by atoms with Gasteiger partial charge in [-0.15, -0.1) is 5.10 Å². The predicted octanol–water partition coefficient (Wildman–Crippen LogP) is 2.29. The second kappa shape index (κ2) is 6.50. The fraction of sp³-hybridized carbons (Fsp3) is 0.545. The Labute approximate surface area is 128 Å². The molecule has 2 aromatic heterocycles. The lowest BCUT2D eigenvalue weighted by molar-refractivity contribution is -0.380. The molecule has 1 aliphatic rings. The Hall–Kier alpha value is -1.52. The molecular formula is C11H13N5O3S2. The highest BCUT2D eigenvalue weighted by Crippen LogP contribution is 2.30. The molecule has 0 bridgehead atoms. The summed E-state index contributed by atoms with van der Waals surface area (Å²) in [6.45, 7) is 1.46. The molecule has 10 heteroatoms. The zero-order chi connectivity index (χ0) is 14.7. The van der Waals surface area contributed by atoms with Crippen molar-refractivity contribution < 1.29 is 9.66 Å². The normalized spacial score (nSPS) is 16.2. The van der Waals surface area contributed by atoms with Crippen molar-refractivity contribution in [3.05, 3.63) is 27.1 Å². The van der Waals surface area contributed by atoms with Gasteiger partial charge in [0.2, 0.25) is 5.16 Å². The van der Waals surface area contributed by atoms with Gasteiger partial charge in [-0.3, -0.25) is 10.1 Å². The molecule has 112 valence electrons. The molecule has 3 heterocycles. The van der Waals surface area contributed by atoms with Crippen LogP contribution in [0.25, 0.3) is 0 Å². The Bertz CT molecular complexity index is 623. The summed E-state index contributed by atoms with van der Waals surface area (Å²) in [5.41, 5.74) is 0.915. The van der Waals surface area contributed by atoms with Crippen molar-refractivity contribution in [1.82, 2.24) is 20.2 Å². The number of rotatable bonds is 5. The minimum Gasteiger partial charge on any atom is -0.381 e. The zero-order valence-corrected chi connectivity index (χ0v) is 12.7. The third-order valence-electron chi connectivity index (χ3n) is 3.19. The molecule has 0 radical (unpaired) electrons. The van der Waals surface area contributed by atoms with Crippen LogP contribution < -0.4 is 0 Å².